The van der Waals surface area contributed by atoms with Crippen LogP contribution in [0.25, 0.3) is 6.08 Å². The Kier molecular flexibility index (Phi) is 7.76. The Morgan fingerprint density at radius 1 is 1.14 bits per heavy atom. The Bertz CT molecular complexity index is 1360. The molecule has 2 heterocycles. The van der Waals surface area contributed by atoms with Crippen LogP contribution in [0.15, 0.2) is 76.6 Å². The Balaban J connectivity index is 1.30. The fraction of sp³-hybridized carbons (Fsp3) is 0.207. The number of benzene rings is 3. The van der Waals surface area contributed by atoms with E-state index in [0.717, 1.165) is 50.5 Å². The molecule has 6 nitrogen and oxygen atoms in total. The van der Waals surface area contributed by atoms with E-state index in [-0.39, 0.29) is 18.2 Å². The number of hydrogen-bond donors (Lipinski definition) is 2. The number of ether oxygens (including phenoxy) is 3. The van der Waals surface area contributed by atoms with Crippen molar-refractivity contribution >= 4 is 45.4 Å². The van der Waals surface area contributed by atoms with Gasteiger partial charge in [-0.05, 0) is 93.5 Å². The molecule has 0 saturated carbocycles. The molecule has 2 aliphatic rings. The van der Waals surface area contributed by atoms with Gasteiger partial charge in [-0.1, -0.05) is 43.0 Å². The van der Waals surface area contributed by atoms with Crippen molar-refractivity contribution in [2.75, 3.05) is 12.1 Å². The molecule has 2 aliphatic heterocycles. The molecular formula is C29H27BrN2O4S. The minimum Gasteiger partial charge on any atom is -0.487 e. The van der Waals surface area contributed by atoms with Crippen molar-refractivity contribution in [2.24, 2.45) is 0 Å². The number of carbonyl (C=O) groups excluding carboxylic acids is 1. The second-order valence-corrected chi connectivity index (χ2v) is 10.6. The maximum absolute atomic E-state index is 12.7. The summed E-state index contributed by atoms with van der Waals surface area (Å²) in [5, 5.41) is 6.37. The van der Waals surface area contributed by atoms with Crippen molar-refractivity contribution in [3.63, 3.8) is 0 Å². The number of fused-ring (bicyclic) bond motifs is 1. The quantitative estimate of drug-likeness (QED) is 0.219. The molecule has 190 valence electrons. The highest BCUT2D eigenvalue weighted by Crippen LogP contribution is 2.37. The standard InChI is InChI=1S/C29H27BrN2O4S/c1-3-5-21-12-20(13-23(30)27(21)34-16-19-8-11-24-25(14-19)36-17-35-24)15-26-28(33)32-29(37-26)31-22-9-6-18(4-2)7-10-22/h3,6-15,29,31H,1,4-5,16-17H2,2H3,(H,32,33)/b26-15-/t29-/m0/s1. The normalized spacial score (nSPS) is 17.1. The van der Waals surface area contributed by atoms with Crippen LogP contribution in [0.3, 0.4) is 0 Å². The van der Waals surface area contributed by atoms with Crippen LogP contribution >= 0.6 is 27.7 Å². The van der Waals surface area contributed by atoms with Crippen LogP contribution in [-0.2, 0) is 24.2 Å². The molecule has 1 saturated heterocycles. The number of rotatable bonds is 9. The lowest BCUT2D eigenvalue weighted by molar-refractivity contribution is -0.116. The molecule has 37 heavy (non-hydrogen) atoms. The van der Waals surface area contributed by atoms with E-state index in [1.54, 1.807) is 0 Å². The zero-order valence-corrected chi connectivity index (χ0v) is 22.8. The molecule has 1 amide bonds. The van der Waals surface area contributed by atoms with Gasteiger partial charge in [0.25, 0.3) is 5.91 Å². The van der Waals surface area contributed by atoms with E-state index in [4.69, 9.17) is 14.2 Å². The number of amides is 1. The first-order valence-electron chi connectivity index (χ1n) is 12.0. The Morgan fingerprint density at radius 2 is 1.92 bits per heavy atom. The van der Waals surface area contributed by atoms with Crippen LogP contribution in [0.4, 0.5) is 5.69 Å². The summed E-state index contributed by atoms with van der Waals surface area (Å²) in [5.74, 6) is 2.12. The first kappa shape index (κ1) is 25.3. The molecule has 0 bridgehead atoms. The number of nitrogens with one attached hydrogen (secondary N) is 2. The van der Waals surface area contributed by atoms with Gasteiger partial charge in [0.05, 0.1) is 9.38 Å². The molecule has 0 spiro atoms. The first-order valence-corrected chi connectivity index (χ1v) is 13.7. The molecule has 3 aromatic carbocycles. The molecule has 0 aromatic heterocycles. The minimum absolute atomic E-state index is 0.0998. The van der Waals surface area contributed by atoms with Gasteiger partial charge in [0.1, 0.15) is 12.4 Å². The molecule has 3 aromatic rings. The zero-order chi connectivity index (χ0) is 25.8. The van der Waals surface area contributed by atoms with E-state index in [9.17, 15) is 4.79 Å². The Morgan fingerprint density at radius 3 is 2.70 bits per heavy atom. The second-order valence-electron chi connectivity index (χ2n) is 8.63. The maximum atomic E-state index is 12.7. The predicted molar refractivity (Wildman–Crippen MR) is 152 cm³/mol. The summed E-state index contributed by atoms with van der Waals surface area (Å²) in [4.78, 5) is 13.3. The molecule has 0 aliphatic carbocycles. The van der Waals surface area contributed by atoms with Crippen LogP contribution in [0.2, 0.25) is 0 Å². The van der Waals surface area contributed by atoms with Crippen LogP contribution in [0.1, 0.15) is 29.2 Å². The van der Waals surface area contributed by atoms with Crippen molar-refractivity contribution in [2.45, 2.75) is 31.9 Å². The topological polar surface area (TPSA) is 68.8 Å². The zero-order valence-electron chi connectivity index (χ0n) is 20.4. The lowest BCUT2D eigenvalue weighted by Gasteiger charge is -2.14. The summed E-state index contributed by atoms with van der Waals surface area (Å²) in [6.07, 6.45) is 5.37. The van der Waals surface area contributed by atoms with E-state index in [2.05, 4.69) is 52.2 Å². The molecule has 0 radical (unpaired) electrons. The molecule has 5 rings (SSSR count). The van der Waals surface area contributed by atoms with Crippen molar-refractivity contribution in [3.8, 4) is 17.2 Å². The third-order valence-corrected chi connectivity index (χ3v) is 7.63. The van der Waals surface area contributed by atoms with E-state index >= 15 is 0 Å². The maximum Gasteiger partial charge on any atom is 0.260 e. The van der Waals surface area contributed by atoms with Gasteiger partial charge in [-0.15, -0.1) is 6.58 Å². The number of anilines is 1. The summed E-state index contributed by atoms with van der Waals surface area (Å²) in [6.45, 7) is 6.65. The van der Waals surface area contributed by atoms with Gasteiger partial charge >= 0.3 is 0 Å². The SMILES string of the molecule is C=CCc1cc(/C=C2\S[C@@H](Nc3ccc(CC)cc3)NC2=O)cc(Br)c1OCc1ccc2c(c1)OCO2. The van der Waals surface area contributed by atoms with Crippen molar-refractivity contribution in [1.29, 1.82) is 0 Å². The molecule has 0 unspecified atom stereocenters. The monoisotopic (exact) mass is 578 g/mol. The number of carbonyl (C=O) groups is 1. The molecule has 8 heteroatoms. The highest BCUT2D eigenvalue weighted by atomic mass is 79.9. The number of halogens is 1. The third-order valence-electron chi connectivity index (χ3n) is 6.02. The summed E-state index contributed by atoms with van der Waals surface area (Å²) >= 11 is 5.14. The van der Waals surface area contributed by atoms with Crippen molar-refractivity contribution < 1.29 is 19.0 Å². The van der Waals surface area contributed by atoms with Crippen molar-refractivity contribution in [1.82, 2.24) is 5.32 Å². The fourth-order valence-electron chi connectivity index (χ4n) is 4.12. The smallest absolute Gasteiger partial charge is 0.260 e. The minimum atomic E-state index is -0.230. The number of allylic oxidation sites excluding steroid dienone is 1. The average molecular weight is 580 g/mol. The number of aryl methyl sites for hydroxylation is 1. The highest BCUT2D eigenvalue weighted by Gasteiger charge is 2.27. The summed E-state index contributed by atoms with van der Waals surface area (Å²) in [5.41, 5.74) is 4.88. The van der Waals surface area contributed by atoms with E-state index in [1.165, 1.54) is 17.3 Å². The molecule has 1 fully saturated rings. The Labute approximate surface area is 229 Å². The van der Waals surface area contributed by atoms with E-state index in [0.29, 0.717) is 17.9 Å². The van der Waals surface area contributed by atoms with Crippen LogP contribution in [0, 0.1) is 0 Å². The van der Waals surface area contributed by atoms with Crippen molar-refractivity contribution in [3.05, 3.63) is 98.9 Å². The van der Waals surface area contributed by atoms with Gasteiger partial charge < -0.3 is 24.8 Å². The number of hydrogen-bond acceptors (Lipinski definition) is 6. The van der Waals surface area contributed by atoms with Crippen LogP contribution < -0.4 is 24.8 Å². The third kappa shape index (κ3) is 5.97. The summed E-state index contributed by atoms with van der Waals surface area (Å²) < 4.78 is 17.9. The summed E-state index contributed by atoms with van der Waals surface area (Å²) in [7, 11) is 0. The van der Waals surface area contributed by atoms with Gasteiger partial charge in [0, 0.05) is 5.69 Å². The van der Waals surface area contributed by atoms with E-state index in [1.807, 2.05) is 54.6 Å². The van der Waals surface area contributed by atoms with E-state index < -0.39 is 0 Å². The van der Waals surface area contributed by atoms with Crippen LogP contribution in [-0.4, -0.2) is 18.2 Å². The lowest BCUT2D eigenvalue weighted by Crippen LogP contribution is -2.30. The Hall–Kier alpha value is -3.36. The van der Waals surface area contributed by atoms with Crippen LogP contribution in [0.5, 0.6) is 17.2 Å². The number of thioether (sulfide) groups is 1. The fourth-order valence-corrected chi connectivity index (χ4v) is 5.74. The molecule has 2 N–H and O–H groups in total. The first-order chi connectivity index (χ1) is 18.0. The molecule has 1 atom stereocenters. The average Bonchev–Trinajstić information content (AvgIpc) is 3.49. The largest absolute Gasteiger partial charge is 0.487 e. The van der Waals surface area contributed by atoms with Gasteiger partial charge in [0.15, 0.2) is 17.0 Å². The van der Waals surface area contributed by atoms with Gasteiger partial charge in [-0.25, -0.2) is 0 Å². The lowest BCUT2D eigenvalue weighted by atomic mass is 10.1. The van der Waals surface area contributed by atoms with Gasteiger partial charge in [-0.2, -0.15) is 0 Å². The predicted octanol–water partition coefficient (Wildman–Crippen LogP) is 6.65. The van der Waals surface area contributed by atoms with Gasteiger partial charge in [-0.3, -0.25) is 4.79 Å². The van der Waals surface area contributed by atoms with Gasteiger partial charge in [0.2, 0.25) is 6.79 Å². The highest BCUT2D eigenvalue weighted by molar-refractivity contribution is 9.10. The summed E-state index contributed by atoms with van der Waals surface area (Å²) in [6, 6.07) is 18.0. The molecular weight excluding hydrogens is 552 g/mol. The second kappa shape index (κ2) is 11.4.